The number of benzene rings is 3. The van der Waals surface area contributed by atoms with Crippen LogP contribution in [0.3, 0.4) is 0 Å². The molecule has 0 spiro atoms. The Balaban J connectivity index is 1.58. The van der Waals surface area contributed by atoms with Crippen LogP contribution in [0.25, 0.3) is 0 Å². The van der Waals surface area contributed by atoms with Crippen LogP contribution in [0, 0.1) is 5.82 Å². The van der Waals surface area contributed by atoms with Crippen molar-refractivity contribution in [2.75, 3.05) is 24.4 Å². The van der Waals surface area contributed by atoms with E-state index in [1.165, 1.54) is 19.2 Å². The zero-order valence-corrected chi connectivity index (χ0v) is 15.6. The Morgan fingerprint density at radius 2 is 1.66 bits per heavy atom. The molecule has 0 aliphatic heterocycles. The highest BCUT2D eigenvalue weighted by Crippen LogP contribution is 2.21. The molecular formula is C22H19FN2O4. The number of anilines is 2. The van der Waals surface area contributed by atoms with E-state index in [1.54, 1.807) is 36.4 Å². The molecule has 3 rings (SSSR count). The molecule has 148 valence electrons. The highest BCUT2D eigenvalue weighted by Gasteiger charge is 2.11. The van der Waals surface area contributed by atoms with Crippen LogP contribution < -0.4 is 20.1 Å². The molecule has 0 aliphatic carbocycles. The molecule has 0 aromatic heterocycles. The second-order valence-corrected chi connectivity index (χ2v) is 6.03. The third kappa shape index (κ3) is 5.55. The van der Waals surface area contributed by atoms with Crippen LogP contribution >= 0.6 is 0 Å². The van der Waals surface area contributed by atoms with Crippen molar-refractivity contribution in [2.45, 2.75) is 0 Å². The van der Waals surface area contributed by atoms with Gasteiger partial charge in [-0.2, -0.15) is 0 Å². The van der Waals surface area contributed by atoms with E-state index in [0.717, 1.165) is 6.07 Å². The van der Waals surface area contributed by atoms with Gasteiger partial charge in [0.1, 0.15) is 5.75 Å². The molecule has 0 bridgehead atoms. The molecule has 3 aromatic rings. The smallest absolute Gasteiger partial charge is 0.262 e. The van der Waals surface area contributed by atoms with Crippen molar-refractivity contribution >= 4 is 23.2 Å². The fraction of sp³-hybridized carbons (Fsp3) is 0.0909. The van der Waals surface area contributed by atoms with Crippen molar-refractivity contribution in [3.8, 4) is 11.5 Å². The molecule has 2 amide bonds. The monoisotopic (exact) mass is 394 g/mol. The van der Waals surface area contributed by atoms with Gasteiger partial charge in [0.15, 0.2) is 18.2 Å². The number of rotatable bonds is 7. The van der Waals surface area contributed by atoms with Crippen molar-refractivity contribution in [2.24, 2.45) is 0 Å². The average molecular weight is 394 g/mol. The van der Waals surface area contributed by atoms with Crippen LogP contribution in [-0.4, -0.2) is 25.5 Å². The van der Waals surface area contributed by atoms with Crippen LogP contribution in [0.4, 0.5) is 15.8 Å². The number of hydrogen-bond acceptors (Lipinski definition) is 4. The van der Waals surface area contributed by atoms with Gasteiger partial charge >= 0.3 is 0 Å². The Morgan fingerprint density at radius 1 is 0.897 bits per heavy atom. The molecule has 0 heterocycles. The van der Waals surface area contributed by atoms with E-state index in [2.05, 4.69) is 10.6 Å². The summed E-state index contributed by atoms with van der Waals surface area (Å²) in [6.07, 6.45) is 0. The summed E-state index contributed by atoms with van der Waals surface area (Å²) in [6.45, 7) is -0.185. The summed E-state index contributed by atoms with van der Waals surface area (Å²) in [5.74, 6) is -0.941. The van der Waals surface area contributed by atoms with Crippen molar-refractivity contribution in [1.82, 2.24) is 0 Å². The van der Waals surface area contributed by atoms with Crippen LogP contribution in [0.15, 0.2) is 72.8 Å². The Labute approximate surface area is 167 Å². The number of para-hydroxylation sites is 1. The highest BCUT2D eigenvalue weighted by atomic mass is 19.1. The summed E-state index contributed by atoms with van der Waals surface area (Å²) in [7, 11) is 1.35. The molecule has 0 saturated carbocycles. The first-order valence-corrected chi connectivity index (χ1v) is 8.78. The van der Waals surface area contributed by atoms with Gasteiger partial charge < -0.3 is 20.1 Å². The minimum atomic E-state index is -0.623. The van der Waals surface area contributed by atoms with Gasteiger partial charge in [0.05, 0.1) is 7.11 Å². The van der Waals surface area contributed by atoms with Crippen LogP contribution in [-0.2, 0) is 4.79 Å². The Morgan fingerprint density at radius 3 is 2.38 bits per heavy atom. The van der Waals surface area contributed by atoms with Crippen LogP contribution in [0.5, 0.6) is 11.5 Å². The lowest BCUT2D eigenvalue weighted by Crippen LogP contribution is -2.20. The Hall–Kier alpha value is -3.87. The zero-order valence-electron chi connectivity index (χ0n) is 15.6. The molecular weight excluding hydrogens is 375 g/mol. The number of methoxy groups -OCH3 is 1. The molecule has 7 heteroatoms. The van der Waals surface area contributed by atoms with Crippen LogP contribution in [0.2, 0.25) is 0 Å². The summed E-state index contributed by atoms with van der Waals surface area (Å²) >= 11 is 0. The third-order valence-corrected chi connectivity index (χ3v) is 3.93. The number of carbonyl (C=O) groups is 2. The normalized spacial score (nSPS) is 10.1. The summed E-state index contributed by atoms with van der Waals surface area (Å²) < 4.78 is 24.1. The minimum absolute atomic E-state index is 0.0609. The highest BCUT2D eigenvalue weighted by molar-refractivity contribution is 6.04. The molecule has 0 fully saturated rings. The van der Waals surface area contributed by atoms with Crippen LogP contribution in [0.1, 0.15) is 10.4 Å². The molecule has 0 saturated heterocycles. The minimum Gasteiger partial charge on any atom is -0.494 e. The Bertz CT molecular complexity index is 1010. The number of carbonyl (C=O) groups excluding carboxylic acids is 2. The first-order chi connectivity index (χ1) is 14.0. The molecule has 0 unspecified atom stereocenters. The predicted molar refractivity (Wildman–Crippen MR) is 108 cm³/mol. The SMILES string of the molecule is COc1ccc(C(=O)Nc2cccc(OCC(=O)Nc3ccccc3)c2)cc1F. The van der Waals surface area contributed by atoms with E-state index in [4.69, 9.17) is 9.47 Å². The third-order valence-electron chi connectivity index (χ3n) is 3.93. The summed E-state index contributed by atoms with van der Waals surface area (Å²) in [5, 5.41) is 5.38. The maximum atomic E-state index is 13.8. The van der Waals surface area contributed by atoms with Gasteiger partial charge in [0.2, 0.25) is 0 Å². The largest absolute Gasteiger partial charge is 0.494 e. The predicted octanol–water partition coefficient (Wildman–Crippen LogP) is 4.10. The molecule has 29 heavy (non-hydrogen) atoms. The standard InChI is InChI=1S/C22H19FN2O4/c1-28-20-11-10-15(12-19(20)23)22(27)25-17-8-5-9-18(13-17)29-14-21(26)24-16-6-3-2-4-7-16/h2-13H,14H2,1H3,(H,24,26)(H,25,27). The lowest BCUT2D eigenvalue weighted by Gasteiger charge is -2.10. The number of hydrogen-bond donors (Lipinski definition) is 2. The second-order valence-electron chi connectivity index (χ2n) is 6.03. The van der Waals surface area contributed by atoms with Gasteiger partial charge in [-0.25, -0.2) is 4.39 Å². The summed E-state index contributed by atoms with van der Waals surface area (Å²) in [6, 6.07) is 19.6. The molecule has 2 N–H and O–H groups in total. The van der Waals surface area contributed by atoms with E-state index in [9.17, 15) is 14.0 Å². The van der Waals surface area contributed by atoms with E-state index in [-0.39, 0.29) is 23.8 Å². The van der Waals surface area contributed by atoms with Gasteiger partial charge in [-0.1, -0.05) is 24.3 Å². The molecule has 0 atom stereocenters. The van der Waals surface area contributed by atoms with Crippen molar-refractivity contribution in [1.29, 1.82) is 0 Å². The van der Waals surface area contributed by atoms with Gasteiger partial charge in [0, 0.05) is 23.0 Å². The fourth-order valence-corrected chi connectivity index (χ4v) is 2.54. The molecule has 0 aliphatic rings. The number of ether oxygens (including phenoxy) is 2. The molecule has 0 radical (unpaired) electrons. The number of halogens is 1. The average Bonchev–Trinajstić information content (AvgIpc) is 2.73. The van der Waals surface area contributed by atoms with E-state index in [1.807, 2.05) is 18.2 Å². The van der Waals surface area contributed by atoms with Gasteiger partial charge in [-0.05, 0) is 42.5 Å². The maximum absolute atomic E-state index is 13.8. The number of nitrogens with one attached hydrogen (secondary N) is 2. The first kappa shape index (κ1) is 19.9. The van der Waals surface area contributed by atoms with Gasteiger partial charge in [-0.3, -0.25) is 9.59 Å². The quantitative estimate of drug-likeness (QED) is 0.632. The van der Waals surface area contributed by atoms with Crippen molar-refractivity contribution in [3.05, 3.63) is 84.2 Å². The molecule has 3 aromatic carbocycles. The summed E-state index contributed by atoms with van der Waals surface area (Å²) in [5.41, 5.74) is 1.28. The zero-order chi connectivity index (χ0) is 20.6. The topological polar surface area (TPSA) is 76.7 Å². The summed E-state index contributed by atoms with van der Waals surface area (Å²) in [4.78, 5) is 24.3. The molecule has 6 nitrogen and oxygen atoms in total. The van der Waals surface area contributed by atoms with E-state index < -0.39 is 11.7 Å². The lowest BCUT2D eigenvalue weighted by molar-refractivity contribution is -0.118. The first-order valence-electron chi connectivity index (χ1n) is 8.78. The van der Waals surface area contributed by atoms with Gasteiger partial charge in [-0.15, -0.1) is 0 Å². The van der Waals surface area contributed by atoms with Crippen molar-refractivity contribution in [3.63, 3.8) is 0 Å². The fourth-order valence-electron chi connectivity index (χ4n) is 2.54. The Kier molecular flexibility index (Phi) is 6.42. The lowest BCUT2D eigenvalue weighted by atomic mass is 10.2. The number of amides is 2. The van der Waals surface area contributed by atoms with E-state index in [0.29, 0.717) is 17.1 Å². The van der Waals surface area contributed by atoms with E-state index >= 15 is 0 Å². The second kappa shape index (κ2) is 9.36. The van der Waals surface area contributed by atoms with Crippen molar-refractivity contribution < 1.29 is 23.5 Å². The van der Waals surface area contributed by atoms with Gasteiger partial charge in [0.25, 0.3) is 11.8 Å². The maximum Gasteiger partial charge on any atom is 0.262 e.